The zero-order chi connectivity index (χ0) is 11.8. The van der Waals surface area contributed by atoms with Crippen LogP contribution in [0.15, 0.2) is 24.3 Å². The molecule has 16 heavy (non-hydrogen) atoms. The van der Waals surface area contributed by atoms with Gasteiger partial charge in [-0.05, 0) is 24.6 Å². The third kappa shape index (κ3) is 4.05. The van der Waals surface area contributed by atoms with E-state index in [1.54, 1.807) is 7.05 Å². The standard InChI is InChI=1S/C13H16N2O/c1-3-11-6-4-7-12(10-11)15-9-5-8-13(16)14-2/h1,4,6-7,10,15H,5,8-9H2,2H3,(H,14,16). The molecule has 0 radical (unpaired) electrons. The zero-order valence-corrected chi connectivity index (χ0v) is 9.42. The molecule has 0 spiro atoms. The van der Waals surface area contributed by atoms with Crippen LogP contribution in [0.4, 0.5) is 5.69 Å². The van der Waals surface area contributed by atoms with Crippen molar-refractivity contribution in [1.29, 1.82) is 0 Å². The van der Waals surface area contributed by atoms with Crippen LogP contribution in [-0.4, -0.2) is 19.5 Å². The third-order valence-electron chi connectivity index (χ3n) is 2.22. The highest BCUT2D eigenvalue weighted by Gasteiger charge is 1.97. The molecular weight excluding hydrogens is 200 g/mol. The monoisotopic (exact) mass is 216 g/mol. The van der Waals surface area contributed by atoms with Crippen molar-refractivity contribution in [1.82, 2.24) is 5.32 Å². The van der Waals surface area contributed by atoms with Gasteiger partial charge in [-0.1, -0.05) is 12.0 Å². The Kier molecular flexibility index (Phi) is 4.94. The summed E-state index contributed by atoms with van der Waals surface area (Å²) in [4.78, 5) is 11.0. The van der Waals surface area contributed by atoms with E-state index in [9.17, 15) is 4.79 Å². The van der Waals surface area contributed by atoms with E-state index in [2.05, 4.69) is 16.6 Å². The van der Waals surface area contributed by atoms with Gasteiger partial charge in [0, 0.05) is 31.3 Å². The molecule has 2 N–H and O–H groups in total. The van der Waals surface area contributed by atoms with Crippen LogP contribution < -0.4 is 10.6 Å². The third-order valence-corrected chi connectivity index (χ3v) is 2.22. The first-order valence-electron chi connectivity index (χ1n) is 5.27. The number of carbonyl (C=O) groups excluding carboxylic acids is 1. The van der Waals surface area contributed by atoms with Crippen LogP contribution in [0, 0.1) is 12.3 Å². The molecule has 3 nitrogen and oxygen atoms in total. The SMILES string of the molecule is C#Cc1cccc(NCCCC(=O)NC)c1. The molecular formula is C13H16N2O. The number of terminal acetylenes is 1. The van der Waals surface area contributed by atoms with Gasteiger partial charge in [0.1, 0.15) is 0 Å². The van der Waals surface area contributed by atoms with Crippen molar-refractivity contribution in [2.45, 2.75) is 12.8 Å². The molecule has 0 aliphatic carbocycles. The van der Waals surface area contributed by atoms with Crippen LogP contribution in [0.3, 0.4) is 0 Å². The molecule has 1 aromatic rings. The maximum Gasteiger partial charge on any atom is 0.219 e. The van der Waals surface area contributed by atoms with Crippen LogP contribution in [0.1, 0.15) is 18.4 Å². The highest BCUT2D eigenvalue weighted by atomic mass is 16.1. The fourth-order valence-corrected chi connectivity index (χ4v) is 1.33. The van der Waals surface area contributed by atoms with Gasteiger partial charge in [0.15, 0.2) is 0 Å². The number of hydrogen-bond donors (Lipinski definition) is 2. The van der Waals surface area contributed by atoms with Gasteiger partial charge >= 0.3 is 0 Å². The second-order valence-corrected chi connectivity index (χ2v) is 3.43. The molecule has 1 rings (SSSR count). The molecule has 0 bridgehead atoms. The lowest BCUT2D eigenvalue weighted by atomic mass is 10.2. The van der Waals surface area contributed by atoms with Crippen molar-refractivity contribution in [2.24, 2.45) is 0 Å². The van der Waals surface area contributed by atoms with E-state index in [0.29, 0.717) is 6.42 Å². The van der Waals surface area contributed by atoms with Crippen molar-refractivity contribution < 1.29 is 4.79 Å². The van der Waals surface area contributed by atoms with E-state index in [1.165, 1.54) is 0 Å². The van der Waals surface area contributed by atoms with Gasteiger partial charge in [0.05, 0.1) is 0 Å². The van der Waals surface area contributed by atoms with Gasteiger partial charge in [0.25, 0.3) is 0 Å². The molecule has 0 aromatic heterocycles. The molecule has 0 saturated carbocycles. The van der Waals surface area contributed by atoms with Crippen molar-refractivity contribution in [3.63, 3.8) is 0 Å². The van der Waals surface area contributed by atoms with Crippen LogP contribution in [0.25, 0.3) is 0 Å². The predicted molar refractivity (Wildman–Crippen MR) is 66.2 cm³/mol. The molecule has 1 amide bonds. The molecule has 0 unspecified atom stereocenters. The van der Waals surface area contributed by atoms with Crippen LogP contribution in [0.2, 0.25) is 0 Å². The summed E-state index contributed by atoms with van der Waals surface area (Å²) in [5.74, 6) is 2.65. The molecule has 0 aliphatic rings. The molecule has 0 atom stereocenters. The van der Waals surface area contributed by atoms with E-state index >= 15 is 0 Å². The van der Waals surface area contributed by atoms with Gasteiger partial charge in [-0.25, -0.2) is 0 Å². The Morgan fingerprint density at radius 2 is 2.31 bits per heavy atom. The van der Waals surface area contributed by atoms with Gasteiger partial charge in [-0.2, -0.15) is 0 Å². The second-order valence-electron chi connectivity index (χ2n) is 3.43. The van der Waals surface area contributed by atoms with Gasteiger partial charge in [0.2, 0.25) is 5.91 Å². The van der Waals surface area contributed by atoms with Crippen molar-refractivity contribution in [3.05, 3.63) is 29.8 Å². The summed E-state index contributed by atoms with van der Waals surface area (Å²) in [6.07, 6.45) is 6.65. The summed E-state index contributed by atoms with van der Waals surface area (Å²) in [6, 6.07) is 7.67. The Bertz CT molecular complexity index is 393. The first kappa shape index (κ1) is 12.1. The molecule has 0 heterocycles. The number of rotatable bonds is 5. The Hall–Kier alpha value is -1.95. The largest absolute Gasteiger partial charge is 0.385 e. The number of amides is 1. The summed E-state index contributed by atoms with van der Waals surface area (Å²) in [6.45, 7) is 0.765. The maximum atomic E-state index is 11.0. The minimum atomic E-state index is 0.0687. The van der Waals surface area contributed by atoms with Gasteiger partial charge in [-0.15, -0.1) is 6.42 Å². The summed E-state index contributed by atoms with van der Waals surface area (Å²) in [7, 11) is 1.64. The maximum absolute atomic E-state index is 11.0. The number of hydrogen-bond acceptors (Lipinski definition) is 2. The normalized spacial score (nSPS) is 9.25. The summed E-state index contributed by atoms with van der Waals surface area (Å²) in [5, 5.41) is 5.81. The Morgan fingerprint density at radius 3 is 3.00 bits per heavy atom. The quantitative estimate of drug-likeness (QED) is 0.580. The average Bonchev–Trinajstić information content (AvgIpc) is 2.34. The molecule has 0 aliphatic heterocycles. The van der Waals surface area contributed by atoms with Gasteiger partial charge in [-0.3, -0.25) is 4.79 Å². The molecule has 0 saturated heterocycles. The summed E-state index contributed by atoms with van der Waals surface area (Å²) >= 11 is 0. The predicted octanol–water partition coefficient (Wildman–Crippen LogP) is 1.61. The number of anilines is 1. The average molecular weight is 216 g/mol. The summed E-state index contributed by atoms with van der Waals surface area (Å²) < 4.78 is 0. The fourth-order valence-electron chi connectivity index (χ4n) is 1.33. The number of carbonyl (C=O) groups is 1. The zero-order valence-electron chi connectivity index (χ0n) is 9.42. The Morgan fingerprint density at radius 1 is 1.50 bits per heavy atom. The van der Waals surface area contributed by atoms with Gasteiger partial charge < -0.3 is 10.6 Å². The number of nitrogens with one attached hydrogen (secondary N) is 2. The van der Waals surface area contributed by atoms with E-state index in [1.807, 2.05) is 24.3 Å². The number of benzene rings is 1. The second kappa shape index (κ2) is 6.52. The lowest BCUT2D eigenvalue weighted by Crippen LogP contribution is -2.18. The fraction of sp³-hybridized carbons (Fsp3) is 0.308. The van der Waals surface area contributed by atoms with Crippen molar-refractivity contribution in [2.75, 3.05) is 18.9 Å². The van der Waals surface area contributed by atoms with E-state index in [-0.39, 0.29) is 5.91 Å². The van der Waals surface area contributed by atoms with Crippen molar-refractivity contribution in [3.8, 4) is 12.3 Å². The van der Waals surface area contributed by atoms with Crippen LogP contribution >= 0.6 is 0 Å². The lowest BCUT2D eigenvalue weighted by Gasteiger charge is -2.06. The first-order valence-corrected chi connectivity index (χ1v) is 5.27. The van der Waals surface area contributed by atoms with E-state index in [0.717, 1.165) is 24.2 Å². The lowest BCUT2D eigenvalue weighted by molar-refractivity contribution is -0.120. The van der Waals surface area contributed by atoms with Crippen molar-refractivity contribution >= 4 is 11.6 Å². The highest BCUT2D eigenvalue weighted by Crippen LogP contribution is 2.09. The van der Waals surface area contributed by atoms with E-state index < -0.39 is 0 Å². The van der Waals surface area contributed by atoms with Crippen LogP contribution in [0.5, 0.6) is 0 Å². The molecule has 3 heteroatoms. The molecule has 1 aromatic carbocycles. The topological polar surface area (TPSA) is 41.1 Å². The minimum absolute atomic E-state index is 0.0687. The highest BCUT2D eigenvalue weighted by molar-refractivity contribution is 5.75. The molecule has 0 fully saturated rings. The molecule has 84 valence electrons. The van der Waals surface area contributed by atoms with E-state index in [4.69, 9.17) is 6.42 Å². The Balaban J connectivity index is 2.32. The first-order chi connectivity index (χ1) is 7.76. The minimum Gasteiger partial charge on any atom is -0.385 e. The van der Waals surface area contributed by atoms with Crippen LogP contribution in [-0.2, 0) is 4.79 Å². The summed E-state index contributed by atoms with van der Waals surface area (Å²) in [5.41, 5.74) is 1.85. The smallest absolute Gasteiger partial charge is 0.219 e. The Labute approximate surface area is 96.2 Å².